The van der Waals surface area contributed by atoms with Gasteiger partial charge >= 0.3 is 6.09 Å². The smallest absolute Gasteiger partial charge is 0.419 e. The van der Waals surface area contributed by atoms with E-state index in [0.717, 1.165) is 4.90 Å². The van der Waals surface area contributed by atoms with Crippen molar-refractivity contribution in [1.29, 1.82) is 0 Å². The highest BCUT2D eigenvalue weighted by Crippen LogP contribution is 2.39. The molecule has 1 aliphatic heterocycles. The van der Waals surface area contributed by atoms with Gasteiger partial charge < -0.3 is 9.16 Å². The van der Waals surface area contributed by atoms with E-state index in [0.29, 0.717) is 12.8 Å². The summed E-state index contributed by atoms with van der Waals surface area (Å²) < 4.78 is 11.5. The molecule has 0 aromatic rings. The van der Waals surface area contributed by atoms with Crippen molar-refractivity contribution >= 4 is 20.3 Å². The Morgan fingerprint density at radius 1 is 1.19 bits per heavy atom. The monoisotopic (exact) mass is 315 g/mol. The Bertz CT molecular complexity index is 420. The highest BCUT2D eigenvalue weighted by molar-refractivity contribution is 6.74. The summed E-state index contributed by atoms with van der Waals surface area (Å²) in [6, 6.07) is 0. The zero-order valence-corrected chi connectivity index (χ0v) is 15.6. The average Bonchev–Trinajstić information content (AvgIpc) is 2.54. The van der Waals surface area contributed by atoms with E-state index < -0.39 is 26.2 Å². The predicted octanol–water partition coefficient (Wildman–Crippen LogP) is 3.89. The number of rotatable bonds is 2. The van der Waals surface area contributed by atoms with Gasteiger partial charge in [-0.3, -0.25) is 4.79 Å². The molecule has 0 aromatic carbocycles. The molecule has 5 nitrogen and oxygen atoms in total. The number of ether oxygens (including phenoxy) is 1. The minimum Gasteiger partial charge on any atom is -0.443 e. The summed E-state index contributed by atoms with van der Waals surface area (Å²) in [6.07, 6.45) is -0.217. The first-order valence-electron chi connectivity index (χ1n) is 7.47. The number of imide groups is 1. The molecule has 0 bridgehead atoms. The molecule has 1 aliphatic rings. The first-order chi connectivity index (χ1) is 9.24. The zero-order valence-electron chi connectivity index (χ0n) is 14.6. The molecule has 0 spiro atoms. The molecule has 1 heterocycles. The van der Waals surface area contributed by atoms with Crippen molar-refractivity contribution in [1.82, 2.24) is 4.90 Å². The first-order valence-corrected chi connectivity index (χ1v) is 10.4. The van der Waals surface area contributed by atoms with Crippen molar-refractivity contribution in [2.24, 2.45) is 0 Å². The molecule has 1 saturated heterocycles. The van der Waals surface area contributed by atoms with Gasteiger partial charge in [0.15, 0.2) is 8.32 Å². The van der Waals surface area contributed by atoms with E-state index in [-0.39, 0.29) is 10.9 Å². The lowest BCUT2D eigenvalue weighted by Crippen LogP contribution is -2.50. The van der Waals surface area contributed by atoms with Gasteiger partial charge in [0.05, 0.1) is 0 Å². The van der Waals surface area contributed by atoms with Crippen LogP contribution < -0.4 is 0 Å². The Labute approximate surface area is 129 Å². The molecule has 21 heavy (non-hydrogen) atoms. The van der Waals surface area contributed by atoms with Gasteiger partial charge in [-0.25, -0.2) is 9.69 Å². The van der Waals surface area contributed by atoms with Crippen LogP contribution in [0.1, 0.15) is 54.4 Å². The number of carbonyl (C=O) groups is 2. The number of amides is 2. The number of hydrogen-bond acceptors (Lipinski definition) is 4. The normalized spacial score (nSPS) is 20.9. The maximum atomic E-state index is 12.2. The molecule has 1 fully saturated rings. The highest BCUT2D eigenvalue weighted by atomic mass is 28.4. The van der Waals surface area contributed by atoms with Crippen molar-refractivity contribution in [3.63, 3.8) is 0 Å². The second-order valence-corrected chi connectivity index (χ2v) is 12.9. The number of hydrogen-bond donors (Lipinski definition) is 0. The van der Waals surface area contributed by atoms with Crippen LogP contribution in [0.5, 0.6) is 0 Å². The second-order valence-electron chi connectivity index (χ2n) is 8.12. The highest BCUT2D eigenvalue weighted by Gasteiger charge is 2.45. The fourth-order valence-corrected chi connectivity index (χ4v) is 3.07. The number of likely N-dealkylation sites (tertiary alicyclic amines) is 1. The molecule has 122 valence electrons. The summed E-state index contributed by atoms with van der Waals surface area (Å²) in [6.45, 7) is 16.0. The molecule has 0 saturated carbocycles. The van der Waals surface area contributed by atoms with E-state index in [1.165, 1.54) is 0 Å². The van der Waals surface area contributed by atoms with Crippen LogP contribution in [0.2, 0.25) is 18.1 Å². The summed E-state index contributed by atoms with van der Waals surface area (Å²) in [7, 11) is -2.05. The zero-order chi connectivity index (χ0) is 16.6. The summed E-state index contributed by atoms with van der Waals surface area (Å²) in [5.74, 6) is -0.215. The maximum Gasteiger partial charge on any atom is 0.419 e. The Kier molecular flexibility index (Phi) is 4.95. The molecule has 0 radical (unpaired) electrons. The Morgan fingerprint density at radius 3 is 2.14 bits per heavy atom. The van der Waals surface area contributed by atoms with Crippen LogP contribution in [0.25, 0.3) is 0 Å². The quantitative estimate of drug-likeness (QED) is 0.725. The first kappa shape index (κ1) is 18.2. The van der Waals surface area contributed by atoms with Crippen molar-refractivity contribution < 1.29 is 18.8 Å². The van der Waals surface area contributed by atoms with Crippen LogP contribution in [0, 0.1) is 0 Å². The van der Waals surface area contributed by atoms with Crippen molar-refractivity contribution in [2.45, 2.75) is 84.3 Å². The lowest BCUT2D eigenvalue weighted by molar-refractivity contribution is -0.131. The van der Waals surface area contributed by atoms with E-state index >= 15 is 0 Å². The molecule has 0 N–H and O–H groups in total. The van der Waals surface area contributed by atoms with E-state index in [9.17, 15) is 9.59 Å². The van der Waals surface area contributed by atoms with E-state index in [1.54, 1.807) is 20.8 Å². The minimum absolute atomic E-state index is 0.0260. The largest absolute Gasteiger partial charge is 0.443 e. The third-order valence-electron chi connectivity index (χ3n) is 3.99. The molecule has 0 unspecified atom stereocenters. The summed E-state index contributed by atoms with van der Waals surface area (Å²) in [4.78, 5) is 25.4. The number of nitrogens with zero attached hydrogens (tertiary/aromatic N) is 1. The molecular formula is C15H29NO4Si. The van der Waals surface area contributed by atoms with E-state index in [1.807, 2.05) is 0 Å². The SMILES string of the molecule is CC(C)(C)OC(=O)N1C(=O)CC[C@H]1O[Si](C)(C)C(C)(C)C. The Morgan fingerprint density at radius 2 is 1.71 bits per heavy atom. The molecule has 2 amide bonds. The molecule has 0 aliphatic carbocycles. The summed E-state index contributed by atoms with van der Waals surface area (Å²) >= 11 is 0. The van der Waals surface area contributed by atoms with Crippen LogP contribution in [-0.4, -0.2) is 37.0 Å². The van der Waals surface area contributed by atoms with Gasteiger partial charge in [0, 0.05) is 12.8 Å². The summed E-state index contributed by atoms with van der Waals surface area (Å²) in [5.41, 5.74) is -0.624. The van der Waals surface area contributed by atoms with Crippen molar-refractivity contribution in [3.05, 3.63) is 0 Å². The van der Waals surface area contributed by atoms with Crippen molar-refractivity contribution in [3.8, 4) is 0 Å². The van der Waals surface area contributed by atoms with Gasteiger partial charge in [-0.05, 0) is 38.9 Å². The third kappa shape index (κ3) is 4.54. The lowest BCUT2D eigenvalue weighted by atomic mass is 10.2. The minimum atomic E-state index is -2.05. The maximum absolute atomic E-state index is 12.2. The van der Waals surface area contributed by atoms with Crippen LogP contribution in [-0.2, 0) is 14.0 Å². The van der Waals surface area contributed by atoms with E-state index in [2.05, 4.69) is 33.9 Å². The molecule has 1 atom stereocenters. The van der Waals surface area contributed by atoms with Gasteiger partial charge in [0.2, 0.25) is 5.91 Å². The van der Waals surface area contributed by atoms with Gasteiger partial charge in [-0.2, -0.15) is 0 Å². The Balaban J connectivity index is 2.88. The third-order valence-corrected chi connectivity index (χ3v) is 8.46. The molecule has 1 rings (SSSR count). The van der Waals surface area contributed by atoms with Gasteiger partial charge in [-0.1, -0.05) is 20.8 Å². The van der Waals surface area contributed by atoms with Crippen LogP contribution in [0.4, 0.5) is 4.79 Å². The molecular weight excluding hydrogens is 286 g/mol. The lowest BCUT2D eigenvalue weighted by Gasteiger charge is -2.40. The van der Waals surface area contributed by atoms with Gasteiger partial charge in [0.1, 0.15) is 11.8 Å². The predicted molar refractivity (Wildman–Crippen MR) is 84.4 cm³/mol. The van der Waals surface area contributed by atoms with Gasteiger partial charge in [0.25, 0.3) is 0 Å². The summed E-state index contributed by atoms with van der Waals surface area (Å²) in [5, 5.41) is 0.0260. The molecule has 6 heteroatoms. The fourth-order valence-electron chi connectivity index (χ4n) is 1.82. The topological polar surface area (TPSA) is 55.8 Å². The van der Waals surface area contributed by atoms with Crippen LogP contribution in [0.15, 0.2) is 0 Å². The average molecular weight is 315 g/mol. The van der Waals surface area contributed by atoms with Gasteiger partial charge in [-0.15, -0.1) is 0 Å². The van der Waals surface area contributed by atoms with Crippen LogP contribution in [0.3, 0.4) is 0 Å². The fraction of sp³-hybridized carbons (Fsp3) is 0.867. The second kappa shape index (κ2) is 5.72. The van der Waals surface area contributed by atoms with Crippen molar-refractivity contribution in [2.75, 3.05) is 0 Å². The van der Waals surface area contributed by atoms with E-state index in [4.69, 9.17) is 9.16 Å². The standard InChI is InChI=1S/C15H29NO4Si/c1-14(2,3)19-13(18)16-11(17)9-10-12(16)20-21(7,8)15(4,5)6/h12H,9-10H2,1-8H3/t12-/m1/s1. The number of carbonyl (C=O) groups excluding carboxylic acids is 2. The molecule has 0 aromatic heterocycles. The Hall–Kier alpha value is -0.883. The van der Waals surface area contributed by atoms with Crippen LogP contribution >= 0.6 is 0 Å².